The van der Waals surface area contributed by atoms with Crippen LogP contribution in [-0.2, 0) is 11.2 Å². The molecule has 1 aliphatic carbocycles. The molecule has 16 heavy (non-hydrogen) atoms. The summed E-state index contributed by atoms with van der Waals surface area (Å²) in [6.07, 6.45) is 4.41. The first-order chi connectivity index (χ1) is 7.59. The molecule has 5 heteroatoms. The van der Waals surface area contributed by atoms with Crippen molar-refractivity contribution in [2.45, 2.75) is 19.3 Å². The molecule has 84 valence electrons. The normalized spacial score (nSPS) is 19.3. The first-order valence-corrected chi connectivity index (χ1v) is 5.77. The Hall–Kier alpha value is -1.23. The summed E-state index contributed by atoms with van der Waals surface area (Å²) < 4.78 is 0.826. The van der Waals surface area contributed by atoms with Gasteiger partial charge in [0.05, 0.1) is 6.42 Å². The molecular formula is C11H10BrNO3. The lowest BCUT2D eigenvalue weighted by molar-refractivity contribution is -0.137. The zero-order valence-electron chi connectivity index (χ0n) is 8.44. The highest BCUT2D eigenvalue weighted by molar-refractivity contribution is 9.10. The monoisotopic (exact) mass is 283 g/mol. The van der Waals surface area contributed by atoms with Gasteiger partial charge in [0.25, 0.3) is 0 Å². The van der Waals surface area contributed by atoms with E-state index in [-0.39, 0.29) is 12.2 Å². The van der Waals surface area contributed by atoms with E-state index in [0.717, 1.165) is 16.5 Å². The van der Waals surface area contributed by atoms with Gasteiger partial charge in [0, 0.05) is 28.3 Å². The van der Waals surface area contributed by atoms with Gasteiger partial charge in [-0.15, -0.1) is 0 Å². The highest BCUT2D eigenvalue weighted by Crippen LogP contribution is 2.31. The molecule has 4 nitrogen and oxygen atoms in total. The summed E-state index contributed by atoms with van der Waals surface area (Å²) in [6.45, 7) is 0. The molecule has 0 aromatic carbocycles. The van der Waals surface area contributed by atoms with Crippen molar-refractivity contribution in [2.75, 3.05) is 0 Å². The van der Waals surface area contributed by atoms with Crippen LogP contribution in [0.15, 0.2) is 16.9 Å². The van der Waals surface area contributed by atoms with Gasteiger partial charge in [0.1, 0.15) is 0 Å². The molecule has 1 heterocycles. The van der Waals surface area contributed by atoms with E-state index in [1.54, 1.807) is 6.20 Å². The minimum atomic E-state index is -0.926. The number of pyridine rings is 1. The zero-order valence-corrected chi connectivity index (χ0v) is 10.0. The largest absolute Gasteiger partial charge is 0.481 e. The Labute approximate surface area is 101 Å². The molecule has 0 radical (unpaired) electrons. The van der Waals surface area contributed by atoms with Gasteiger partial charge >= 0.3 is 5.97 Å². The lowest BCUT2D eigenvalue weighted by Gasteiger charge is -2.22. The molecule has 1 aromatic heterocycles. The Bertz CT molecular complexity index is 459. The van der Waals surface area contributed by atoms with Gasteiger partial charge < -0.3 is 5.11 Å². The van der Waals surface area contributed by atoms with E-state index < -0.39 is 11.9 Å². The molecule has 1 aromatic rings. The summed E-state index contributed by atoms with van der Waals surface area (Å²) in [7, 11) is 0. The van der Waals surface area contributed by atoms with Crippen LogP contribution in [0.2, 0.25) is 0 Å². The molecule has 1 atom stereocenters. The summed E-state index contributed by atoms with van der Waals surface area (Å²) >= 11 is 3.35. The predicted octanol–water partition coefficient (Wildman–Crippen LogP) is 2.06. The third kappa shape index (κ3) is 2.00. The number of aromatic nitrogens is 1. The molecule has 0 saturated heterocycles. The lowest BCUT2D eigenvalue weighted by Crippen LogP contribution is -2.25. The van der Waals surface area contributed by atoms with E-state index in [1.807, 2.05) is 0 Å². The van der Waals surface area contributed by atoms with Crippen LogP contribution in [0, 0.1) is 5.92 Å². The summed E-state index contributed by atoms with van der Waals surface area (Å²) in [5.74, 6) is -1.43. The third-order valence-electron chi connectivity index (χ3n) is 2.80. The number of carboxylic acids is 1. The van der Waals surface area contributed by atoms with E-state index in [0.29, 0.717) is 12.0 Å². The fourth-order valence-electron chi connectivity index (χ4n) is 2.00. The second-order valence-corrected chi connectivity index (χ2v) is 4.70. The van der Waals surface area contributed by atoms with Gasteiger partial charge in [-0.05, 0) is 34.3 Å². The van der Waals surface area contributed by atoms with Crippen LogP contribution in [0.25, 0.3) is 0 Å². The Morgan fingerprint density at radius 2 is 2.31 bits per heavy atom. The second-order valence-electron chi connectivity index (χ2n) is 3.85. The van der Waals surface area contributed by atoms with Crippen molar-refractivity contribution in [3.63, 3.8) is 0 Å². The molecule has 1 aliphatic rings. The number of hydrogen-bond acceptors (Lipinski definition) is 3. The Balaban J connectivity index is 2.32. The molecule has 0 saturated carbocycles. The number of ketones is 1. The van der Waals surface area contributed by atoms with Crippen LogP contribution >= 0.6 is 15.9 Å². The van der Waals surface area contributed by atoms with Crippen molar-refractivity contribution < 1.29 is 14.7 Å². The van der Waals surface area contributed by atoms with Crippen LogP contribution < -0.4 is 0 Å². The predicted molar refractivity (Wildman–Crippen MR) is 60.3 cm³/mol. The number of fused-ring (bicyclic) bond motifs is 1. The quantitative estimate of drug-likeness (QED) is 0.902. The third-order valence-corrected chi connectivity index (χ3v) is 3.49. The maximum Gasteiger partial charge on any atom is 0.304 e. The maximum atomic E-state index is 12.0. The number of Topliss-reactive ketones (excluding diaryl/α,β-unsaturated/α-hetero) is 1. The van der Waals surface area contributed by atoms with Gasteiger partial charge in [0.2, 0.25) is 0 Å². The number of carbonyl (C=O) groups is 2. The lowest BCUT2D eigenvalue weighted by atomic mass is 9.82. The molecule has 0 aliphatic heterocycles. The standard InChI is InChI=1S/C11H10BrNO3/c12-9-5-13-4-8-7(9)2-1-6(11(8)16)3-10(14)15/h4-6H,1-3H2,(H,14,15). The number of nitrogens with zero attached hydrogens (tertiary/aromatic N) is 1. The van der Waals surface area contributed by atoms with Crippen LogP contribution in [0.4, 0.5) is 0 Å². The minimum Gasteiger partial charge on any atom is -0.481 e. The van der Waals surface area contributed by atoms with Gasteiger partial charge in [-0.25, -0.2) is 0 Å². The first-order valence-electron chi connectivity index (χ1n) is 4.98. The SMILES string of the molecule is O=C(O)CC1CCc2c(Br)cncc2C1=O. The summed E-state index contributed by atoms with van der Waals surface area (Å²) in [5, 5.41) is 8.71. The highest BCUT2D eigenvalue weighted by Gasteiger charge is 2.30. The van der Waals surface area contributed by atoms with Crippen molar-refractivity contribution in [3.8, 4) is 0 Å². The number of carboxylic acid groups (broad SMARTS) is 1. The summed E-state index contributed by atoms with van der Waals surface area (Å²) in [6, 6.07) is 0. The van der Waals surface area contributed by atoms with E-state index in [9.17, 15) is 9.59 Å². The topological polar surface area (TPSA) is 67.3 Å². The number of aliphatic carboxylic acids is 1. The molecular weight excluding hydrogens is 274 g/mol. The summed E-state index contributed by atoms with van der Waals surface area (Å²) in [4.78, 5) is 26.5. The van der Waals surface area contributed by atoms with Crippen molar-refractivity contribution in [2.24, 2.45) is 5.92 Å². The molecule has 1 unspecified atom stereocenters. The van der Waals surface area contributed by atoms with Crippen LogP contribution in [0.5, 0.6) is 0 Å². The van der Waals surface area contributed by atoms with Crippen molar-refractivity contribution in [3.05, 3.63) is 28.0 Å². The summed E-state index contributed by atoms with van der Waals surface area (Å²) in [5.41, 5.74) is 1.51. The number of rotatable bonds is 2. The number of carbonyl (C=O) groups excluding carboxylic acids is 1. The number of hydrogen-bond donors (Lipinski definition) is 1. The van der Waals surface area contributed by atoms with Crippen molar-refractivity contribution in [1.29, 1.82) is 0 Å². The van der Waals surface area contributed by atoms with Crippen LogP contribution in [0.1, 0.15) is 28.8 Å². The second kappa shape index (κ2) is 4.33. The van der Waals surface area contributed by atoms with Crippen molar-refractivity contribution >= 4 is 27.7 Å². The molecule has 0 amide bonds. The first kappa shape index (κ1) is 11.3. The van der Waals surface area contributed by atoms with Gasteiger partial charge in [-0.1, -0.05) is 0 Å². The molecule has 0 fully saturated rings. The van der Waals surface area contributed by atoms with Gasteiger partial charge in [0.15, 0.2) is 5.78 Å². The average molecular weight is 284 g/mol. The fraction of sp³-hybridized carbons (Fsp3) is 0.364. The number of halogens is 1. The van der Waals surface area contributed by atoms with E-state index in [2.05, 4.69) is 20.9 Å². The Morgan fingerprint density at radius 1 is 1.56 bits per heavy atom. The molecule has 2 rings (SSSR count). The highest BCUT2D eigenvalue weighted by atomic mass is 79.9. The zero-order chi connectivity index (χ0) is 11.7. The van der Waals surface area contributed by atoms with Gasteiger partial charge in [-0.2, -0.15) is 0 Å². The van der Waals surface area contributed by atoms with Gasteiger partial charge in [-0.3, -0.25) is 14.6 Å². The maximum absolute atomic E-state index is 12.0. The molecule has 0 spiro atoms. The minimum absolute atomic E-state index is 0.0925. The van der Waals surface area contributed by atoms with Crippen molar-refractivity contribution in [1.82, 2.24) is 4.98 Å². The fourth-order valence-corrected chi connectivity index (χ4v) is 2.53. The Morgan fingerprint density at radius 3 is 3.00 bits per heavy atom. The molecule has 0 bridgehead atoms. The van der Waals surface area contributed by atoms with E-state index in [4.69, 9.17) is 5.11 Å². The van der Waals surface area contributed by atoms with Crippen LogP contribution in [-0.4, -0.2) is 21.8 Å². The van der Waals surface area contributed by atoms with E-state index in [1.165, 1.54) is 6.20 Å². The van der Waals surface area contributed by atoms with E-state index >= 15 is 0 Å². The van der Waals surface area contributed by atoms with Crippen LogP contribution in [0.3, 0.4) is 0 Å². The smallest absolute Gasteiger partial charge is 0.304 e. The molecule has 1 N–H and O–H groups in total. The Kier molecular flexibility index (Phi) is 3.05. The average Bonchev–Trinajstić information content (AvgIpc) is 2.23.